The van der Waals surface area contributed by atoms with E-state index in [2.05, 4.69) is 16.7 Å². The molecule has 0 aromatic rings. The molecule has 16 heavy (non-hydrogen) atoms. The molecule has 0 radical (unpaired) electrons. The third kappa shape index (κ3) is 4.63. The number of nitrogens with one attached hydrogen (secondary N) is 2. The van der Waals surface area contributed by atoms with Gasteiger partial charge in [0.15, 0.2) is 0 Å². The van der Waals surface area contributed by atoms with Crippen molar-refractivity contribution in [2.24, 2.45) is 11.3 Å². The van der Waals surface area contributed by atoms with Crippen LogP contribution < -0.4 is 10.6 Å². The minimum atomic E-state index is -0.472. The summed E-state index contributed by atoms with van der Waals surface area (Å²) in [6.07, 6.45) is 2.86. The van der Waals surface area contributed by atoms with E-state index in [0.29, 0.717) is 18.9 Å². The van der Waals surface area contributed by atoms with Crippen molar-refractivity contribution in [2.75, 3.05) is 19.6 Å². The molecule has 0 aromatic carbocycles. The Morgan fingerprint density at radius 2 is 2.38 bits per heavy atom. The fraction of sp³-hybridized carbons (Fsp3) is 0.833. The van der Waals surface area contributed by atoms with Crippen molar-refractivity contribution in [1.82, 2.24) is 10.6 Å². The van der Waals surface area contributed by atoms with E-state index < -0.39 is 5.41 Å². The number of amides is 1. The summed E-state index contributed by atoms with van der Waals surface area (Å²) in [5.74, 6) is 0.524. The molecule has 0 bridgehead atoms. The highest BCUT2D eigenvalue weighted by Gasteiger charge is 2.20. The van der Waals surface area contributed by atoms with Gasteiger partial charge >= 0.3 is 0 Å². The van der Waals surface area contributed by atoms with Gasteiger partial charge in [0.1, 0.15) is 0 Å². The van der Waals surface area contributed by atoms with Gasteiger partial charge in [0.05, 0.1) is 11.5 Å². The van der Waals surface area contributed by atoms with Crippen LogP contribution in [-0.2, 0) is 4.79 Å². The average molecular weight is 223 g/mol. The zero-order valence-electron chi connectivity index (χ0n) is 10.2. The van der Waals surface area contributed by atoms with Gasteiger partial charge in [-0.1, -0.05) is 0 Å². The van der Waals surface area contributed by atoms with Crippen LogP contribution >= 0.6 is 0 Å². The van der Waals surface area contributed by atoms with E-state index in [1.54, 1.807) is 0 Å². The predicted molar refractivity (Wildman–Crippen MR) is 62.6 cm³/mol. The Labute approximate surface area is 97.4 Å². The van der Waals surface area contributed by atoms with Crippen molar-refractivity contribution in [3.63, 3.8) is 0 Å². The fourth-order valence-electron chi connectivity index (χ4n) is 1.79. The molecular weight excluding hydrogens is 202 g/mol. The third-order valence-electron chi connectivity index (χ3n) is 2.90. The van der Waals surface area contributed by atoms with E-state index in [0.717, 1.165) is 25.9 Å². The van der Waals surface area contributed by atoms with Crippen LogP contribution in [0.2, 0.25) is 0 Å². The Morgan fingerprint density at radius 1 is 1.62 bits per heavy atom. The molecule has 1 aliphatic heterocycles. The highest BCUT2D eigenvalue weighted by molar-refractivity contribution is 5.76. The first-order valence-electron chi connectivity index (χ1n) is 5.92. The van der Waals surface area contributed by atoms with Gasteiger partial charge in [0.25, 0.3) is 0 Å². The molecule has 4 nitrogen and oxygen atoms in total. The van der Waals surface area contributed by atoms with Crippen molar-refractivity contribution < 1.29 is 4.79 Å². The number of carbonyl (C=O) groups excluding carboxylic acids is 1. The first kappa shape index (κ1) is 13.0. The number of nitrogens with zero attached hydrogens (tertiary/aromatic N) is 1. The van der Waals surface area contributed by atoms with E-state index in [1.807, 2.05) is 13.8 Å². The average Bonchev–Trinajstić information content (AvgIpc) is 2.28. The minimum Gasteiger partial charge on any atom is -0.355 e. The van der Waals surface area contributed by atoms with E-state index >= 15 is 0 Å². The highest BCUT2D eigenvalue weighted by Crippen LogP contribution is 2.15. The van der Waals surface area contributed by atoms with E-state index in [1.165, 1.54) is 0 Å². The van der Waals surface area contributed by atoms with Crippen molar-refractivity contribution in [1.29, 1.82) is 5.26 Å². The number of nitriles is 1. The van der Waals surface area contributed by atoms with Crippen LogP contribution in [0.15, 0.2) is 0 Å². The van der Waals surface area contributed by atoms with Crippen LogP contribution in [0.5, 0.6) is 0 Å². The molecular formula is C12H21N3O. The molecule has 1 amide bonds. The summed E-state index contributed by atoms with van der Waals surface area (Å²) in [7, 11) is 0. The fourth-order valence-corrected chi connectivity index (χ4v) is 1.79. The summed E-state index contributed by atoms with van der Waals surface area (Å²) in [6, 6.07) is 2.17. The number of hydrogen-bond donors (Lipinski definition) is 2. The second kappa shape index (κ2) is 5.86. The Balaban J connectivity index is 2.23. The zero-order valence-corrected chi connectivity index (χ0v) is 10.2. The van der Waals surface area contributed by atoms with Gasteiger partial charge in [-0.3, -0.25) is 4.79 Å². The van der Waals surface area contributed by atoms with Crippen LogP contribution in [0, 0.1) is 22.7 Å². The predicted octanol–water partition coefficient (Wildman–Crippen LogP) is 1.04. The quantitative estimate of drug-likeness (QED) is 0.748. The Bertz CT molecular complexity index is 274. The molecule has 0 aliphatic carbocycles. The van der Waals surface area contributed by atoms with Crippen LogP contribution in [0.3, 0.4) is 0 Å². The molecule has 1 rings (SSSR count). The second-order valence-corrected chi connectivity index (χ2v) is 5.19. The standard InChI is InChI=1S/C12H21N3O/c1-12(2,8-13)9-15-11(16)6-10-4-3-5-14-7-10/h10,14H,3-7,9H2,1-2H3,(H,15,16). The monoisotopic (exact) mass is 223 g/mol. The summed E-state index contributed by atoms with van der Waals surface area (Å²) >= 11 is 0. The van der Waals surface area contributed by atoms with E-state index in [4.69, 9.17) is 5.26 Å². The topological polar surface area (TPSA) is 64.9 Å². The number of rotatable bonds is 4. The van der Waals surface area contributed by atoms with Crippen molar-refractivity contribution >= 4 is 5.91 Å². The second-order valence-electron chi connectivity index (χ2n) is 5.19. The normalized spacial score (nSPS) is 21.2. The largest absolute Gasteiger partial charge is 0.355 e. The number of hydrogen-bond acceptors (Lipinski definition) is 3. The van der Waals surface area contributed by atoms with Crippen molar-refractivity contribution in [3.8, 4) is 6.07 Å². The molecule has 0 aromatic heterocycles. The molecule has 1 heterocycles. The minimum absolute atomic E-state index is 0.0667. The summed E-state index contributed by atoms with van der Waals surface area (Å²) in [5.41, 5.74) is -0.472. The Morgan fingerprint density at radius 3 is 2.94 bits per heavy atom. The van der Waals surface area contributed by atoms with Crippen LogP contribution in [0.1, 0.15) is 33.1 Å². The maximum Gasteiger partial charge on any atom is 0.220 e. The highest BCUT2D eigenvalue weighted by atomic mass is 16.1. The lowest BCUT2D eigenvalue weighted by atomic mass is 9.94. The Hall–Kier alpha value is -1.08. The Kier molecular flexibility index (Phi) is 4.75. The van der Waals surface area contributed by atoms with Gasteiger partial charge < -0.3 is 10.6 Å². The lowest BCUT2D eigenvalue weighted by Crippen LogP contribution is -2.37. The van der Waals surface area contributed by atoms with Crippen molar-refractivity contribution in [2.45, 2.75) is 33.1 Å². The van der Waals surface area contributed by atoms with Gasteiger partial charge in [-0.05, 0) is 45.7 Å². The van der Waals surface area contributed by atoms with Gasteiger partial charge in [0, 0.05) is 13.0 Å². The van der Waals surface area contributed by atoms with Gasteiger partial charge in [-0.25, -0.2) is 0 Å². The lowest BCUT2D eigenvalue weighted by molar-refractivity contribution is -0.122. The molecule has 0 spiro atoms. The van der Waals surface area contributed by atoms with Crippen LogP contribution in [0.25, 0.3) is 0 Å². The molecule has 4 heteroatoms. The van der Waals surface area contributed by atoms with Crippen molar-refractivity contribution in [3.05, 3.63) is 0 Å². The van der Waals surface area contributed by atoms with Crippen LogP contribution in [0.4, 0.5) is 0 Å². The molecule has 1 atom stereocenters. The number of carbonyl (C=O) groups is 1. The van der Waals surface area contributed by atoms with Gasteiger partial charge in [0.2, 0.25) is 5.91 Å². The van der Waals surface area contributed by atoms with E-state index in [-0.39, 0.29) is 5.91 Å². The van der Waals surface area contributed by atoms with Crippen LogP contribution in [-0.4, -0.2) is 25.5 Å². The summed E-state index contributed by atoms with van der Waals surface area (Å²) in [5, 5.41) is 14.9. The molecule has 1 aliphatic rings. The first-order valence-corrected chi connectivity index (χ1v) is 5.92. The smallest absolute Gasteiger partial charge is 0.220 e. The summed E-state index contributed by atoms with van der Waals surface area (Å²) < 4.78 is 0. The first-order chi connectivity index (χ1) is 7.53. The maximum atomic E-state index is 11.6. The summed E-state index contributed by atoms with van der Waals surface area (Å²) in [4.78, 5) is 11.6. The zero-order chi connectivity index (χ0) is 12.0. The molecule has 1 saturated heterocycles. The summed E-state index contributed by atoms with van der Waals surface area (Å²) in [6.45, 7) is 6.10. The molecule has 0 saturated carbocycles. The van der Waals surface area contributed by atoms with Gasteiger partial charge in [-0.2, -0.15) is 5.26 Å². The SMILES string of the molecule is CC(C)(C#N)CNC(=O)CC1CCCNC1. The molecule has 1 fully saturated rings. The molecule has 2 N–H and O–H groups in total. The number of piperidine rings is 1. The maximum absolute atomic E-state index is 11.6. The lowest BCUT2D eigenvalue weighted by Gasteiger charge is -2.23. The molecule has 1 unspecified atom stereocenters. The van der Waals surface area contributed by atoms with E-state index in [9.17, 15) is 4.79 Å². The van der Waals surface area contributed by atoms with Gasteiger partial charge in [-0.15, -0.1) is 0 Å². The molecule has 90 valence electrons. The third-order valence-corrected chi connectivity index (χ3v) is 2.90.